The molecular formula is C12H13ClF3NO2. The Morgan fingerprint density at radius 2 is 2.11 bits per heavy atom. The van der Waals surface area contributed by atoms with Crippen molar-refractivity contribution < 1.29 is 22.7 Å². The minimum Gasteiger partial charge on any atom is -0.497 e. The Bertz CT molecular complexity index is 449. The van der Waals surface area contributed by atoms with Crippen LogP contribution in [0.1, 0.15) is 18.4 Å². The van der Waals surface area contributed by atoms with Crippen LogP contribution in [0.15, 0.2) is 18.2 Å². The molecule has 0 saturated heterocycles. The first kappa shape index (κ1) is 15.6. The van der Waals surface area contributed by atoms with E-state index in [2.05, 4.69) is 5.32 Å². The Balaban J connectivity index is 2.96. The van der Waals surface area contributed by atoms with Gasteiger partial charge in [-0.05, 0) is 24.6 Å². The van der Waals surface area contributed by atoms with Crippen LogP contribution in [0.3, 0.4) is 0 Å². The largest absolute Gasteiger partial charge is 0.497 e. The van der Waals surface area contributed by atoms with Gasteiger partial charge < -0.3 is 10.1 Å². The fraction of sp³-hybridized carbons (Fsp3) is 0.417. The maximum Gasteiger partial charge on any atom is 0.418 e. The summed E-state index contributed by atoms with van der Waals surface area (Å²) in [6.07, 6.45) is -4.08. The van der Waals surface area contributed by atoms with Gasteiger partial charge in [-0.15, -0.1) is 11.6 Å². The summed E-state index contributed by atoms with van der Waals surface area (Å²) < 4.78 is 43.3. The molecule has 0 atom stereocenters. The van der Waals surface area contributed by atoms with Crippen molar-refractivity contribution in [1.29, 1.82) is 0 Å². The normalized spacial score (nSPS) is 11.2. The molecule has 1 N–H and O–H groups in total. The molecule has 0 unspecified atom stereocenters. The van der Waals surface area contributed by atoms with Gasteiger partial charge in [-0.25, -0.2) is 0 Å². The van der Waals surface area contributed by atoms with Gasteiger partial charge in [-0.3, -0.25) is 4.79 Å². The molecule has 3 nitrogen and oxygen atoms in total. The summed E-state index contributed by atoms with van der Waals surface area (Å²) in [4.78, 5) is 11.4. The zero-order valence-electron chi connectivity index (χ0n) is 10.2. The number of rotatable bonds is 5. The van der Waals surface area contributed by atoms with Crippen molar-refractivity contribution in [3.63, 3.8) is 0 Å². The van der Waals surface area contributed by atoms with Gasteiger partial charge in [0.15, 0.2) is 0 Å². The van der Waals surface area contributed by atoms with Crippen molar-refractivity contribution in [2.75, 3.05) is 18.3 Å². The quantitative estimate of drug-likeness (QED) is 0.842. The van der Waals surface area contributed by atoms with Gasteiger partial charge in [0.25, 0.3) is 0 Å². The maximum atomic E-state index is 12.8. The standard InChI is InChI=1S/C12H13ClF3NO2/c1-19-8-4-5-10(9(7-8)12(14,15)16)17-11(18)3-2-6-13/h4-5,7H,2-3,6H2,1H3,(H,17,18). The first-order valence-corrected chi connectivity index (χ1v) is 6.03. The summed E-state index contributed by atoms with van der Waals surface area (Å²) in [6, 6.07) is 3.36. The first-order chi connectivity index (χ1) is 8.88. The fourth-order valence-corrected chi connectivity index (χ4v) is 1.57. The number of amides is 1. The molecule has 0 aliphatic heterocycles. The lowest BCUT2D eigenvalue weighted by atomic mass is 10.1. The third-order valence-electron chi connectivity index (χ3n) is 2.34. The number of hydrogen-bond donors (Lipinski definition) is 1. The van der Waals surface area contributed by atoms with E-state index in [1.54, 1.807) is 0 Å². The zero-order valence-corrected chi connectivity index (χ0v) is 10.9. The average molecular weight is 296 g/mol. The molecule has 19 heavy (non-hydrogen) atoms. The molecular weight excluding hydrogens is 283 g/mol. The molecule has 0 aliphatic rings. The molecule has 1 amide bonds. The summed E-state index contributed by atoms with van der Waals surface area (Å²) in [5.41, 5.74) is -1.22. The number of nitrogens with one attached hydrogen (secondary N) is 1. The van der Waals surface area contributed by atoms with Crippen LogP contribution in [0.25, 0.3) is 0 Å². The number of ether oxygens (including phenoxy) is 1. The maximum absolute atomic E-state index is 12.8. The molecule has 106 valence electrons. The number of carbonyl (C=O) groups excluding carboxylic acids is 1. The Morgan fingerprint density at radius 3 is 2.63 bits per heavy atom. The van der Waals surface area contributed by atoms with E-state index < -0.39 is 17.6 Å². The molecule has 7 heteroatoms. The van der Waals surface area contributed by atoms with Crippen LogP contribution in [-0.2, 0) is 11.0 Å². The SMILES string of the molecule is COc1ccc(NC(=O)CCCCl)c(C(F)(F)F)c1. The molecule has 0 fully saturated rings. The lowest BCUT2D eigenvalue weighted by Gasteiger charge is -2.14. The molecule has 1 rings (SSSR count). The van der Waals surface area contributed by atoms with Crippen LogP contribution >= 0.6 is 11.6 Å². The minimum atomic E-state index is -4.57. The fourth-order valence-electron chi connectivity index (χ4n) is 1.43. The van der Waals surface area contributed by atoms with E-state index in [-0.39, 0.29) is 23.7 Å². The van der Waals surface area contributed by atoms with Crippen molar-refractivity contribution in [1.82, 2.24) is 0 Å². The molecule has 0 aromatic heterocycles. The lowest BCUT2D eigenvalue weighted by Crippen LogP contribution is -2.16. The highest BCUT2D eigenvalue weighted by molar-refractivity contribution is 6.18. The van der Waals surface area contributed by atoms with Gasteiger partial charge in [0.1, 0.15) is 5.75 Å². The van der Waals surface area contributed by atoms with E-state index in [0.717, 1.165) is 6.07 Å². The molecule has 0 aliphatic carbocycles. The summed E-state index contributed by atoms with van der Waals surface area (Å²) in [7, 11) is 1.27. The van der Waals surface area contributed by atoms with Gasteiger partial charge >= 0.3 is 6.18 Å². The van der Waals surface area contributed by atoms with Crippen LogP contribution in [0.5, 0.6) is 5.75 Å². The van der Waals surface area contributed by atoms with Gasteiger partial charge in [0.2, 0.25) is 5.91 Å². The number of anilines is 1. The second-order valence-corrected chi connectivity index (χ2v) is 4.13. The van der Waals surface area contributed by atoms with E-state index in [1.807, 2.05) is 0 Å². The highest BCUT2D eigenvalue weighted by atomic mass is 35.5. The van der Waals surface area contributed by atoms with Gasteiger partial charge in [0.05, 0.1) is 18.4 Å². The average Bonchev–Trinajstić information content (AvgIpc) is 2.35. The van der Waals surface area contributed by atoms with E-state index in [9.17, 15) is 18.0 Å². The Kier molecular flexibility index (Phi) is 5.47. The smallest absolute Gasteiger partial charge is 0.418 e. The van der Waals surface area contributed by atoms with Crippen molar-refractivity contribution in [3.8, 4) is 5.75 Å². The number of carbonyl (C=O) groups is 1. The highest BCUT2D eigenvalue weighted by Crippen LogP contribution is 2.37. The second kappa shape index (κ2) is 6.65. The summed E-state index contributed by atoms with van der Waals surface area (Å²) >= 11 is 5.42. The minimum absolute atomic E-state index is 0.0751. The van der Waals surface area contributed by atoms with E-state index in [1.165, 1.54) is 19.2 Å². The second-order valence-electron chi connectivity index (χ2n) is 3.75. The Morgan fingerprint density at radius 1 is 1.42 bits per heavy atom. The Labute approximate surface area is 113 Å². The Hall–Kier alpha value is -1.43. The predicted octanol–water partition coefficient (Wildman–Crippen LogP) is 3.67. The van der Waals surface area contributed by atoms with Gasteiger partial charge in [0, 0.05) is 12.3 Å². The molecule has 0 bridgehead atoms. The first-order valence-electron chi connectivity index (χ1n) is 5.49. The van der Waals surface area contributed by atoms with E-state index >= 15 is 0 Å². The monoisotopic (exact) mass is 295 g/mol. The van der Waals surface area contributed by atoms with E-state index in [4.69, 9.17) is 16.3 Å². The van der Waals surface area contributed by atoms with Crippen LogP contribution in [0.2, 0.25) is 0 Å². The lowest BCUT2D eigenvalue weighted by molar-refractivity contribution is -0.137. The van der Waals surface area contributed by atoms with Crippen LogP contribution < -0.4 is 10.1 Å². The van der Waals surface area contributed by atoms with Crippen molar-refractivity contribution in [2.45, 2.75) is 19.0 Å². The molecule has 1 aromatic rings. The van der Waals surface area contributed by atoms with Crippen molar-refractivity contribution in [2.24, 2.45) is 0 Å². The topological polar surface area (TPSA) is 38.3 Å². The summed E-state index contributed by atoms with van der Waals surface area (Å²) in [5.74, 6) is -0.148. The summed E-state index contributed by atoms with van der Waals surface area (Å²) in [6.45, 7) is 0. The molecule has 0 heterocycles. The van der Waals surface area contributed by atoms with Crippen LogP contribution in [0, 0.1) is 0 Å². The van der Waals surface area contributed by atoms with Crippen molar-refractivity contribution >= 4 is 23.2 Å². The zero-order chi connectivity index (χ0) is 14.5. The number of methoxy groups -OCH3 is 1. The van der Waals surface area contributed by atoms with E-state index in [0.29, 0.717) is 6.42 Å². The molecule has 0 saturated carbocycles. The third-order valence-corrected chi connectivity index (χ3v) is 2.61. The number of hydrogen-bond acceptors (Lipinski definition) is 2. The van der Waals surface area contributed by atoms with Crippen molar-refractivity contribution in [3.05, 3.63) is 23.8 Å². The van der Waals surface area contributed by atoms with Crippen LogP contribution in [0.4, 0.5) is 18.9 Å². The predicted molar refractivity (Wildman–Crippen MR) is 66.6 cm³/mol. The van der Waals surface area contributed by atoms with Gasteiger partial charge in [-0.2, -0.15) is 13.2 Å². The highest BCUT2D eigenvalue weighted by Gasteiger charge is 2.34. The molecule has 0 radical (unpaired) electrons. The number of benzene rings is 1. The third kappa shape index (κ3) is 4.63. The van der Waals surface area contributed by atoms with Gasteiger partial charge in [-0.1, -0.05) is 0 Å². The number of alkyl halides is 4. The van der Waals surface area contributed by atoms with Crippen LogP contribution in [-0.4, -0.2) is 18.9 Å². The summed E-state index contributed by atoms with van der Waals surface area (Å²) in [5, 5.41) is 2.23. The molecule has 1 aromatic carbocycles. The number of halogens is 4. The molecule has 0 spiro atoms.